The number of nitrogens with zero attached hydrogens (tertiary/aromatic N) is 2. The van der Waals surface area contributed by atoms with E-state index in [4.69, 9.17) is 16.1 Å². The Bertz CT molecular complexity index is 413. The van der Waals surface area contributed by atoms with Crippen molar-refractivity contribution in [1.82, 2.24) is 5.16 Å². The Morgan fingerprint density at radius 1 is 1.50 bits per heavy atom. The highest BCUT2D eigenvalue weighted by molar-refractivity contribution is 6.34. The minimum atomic E-state index is -0.298. The Balaban J connectivity index is 2.36. The van der Waals surface area contributed by atoms with Crippen LogP contribution in [0.2, 0.25) is 5.02 Å². The predicted molar refractivity (Wildman–Crippen MR) is 48.2 cm³/mol. The number of hydrogen-bond donors (Lipinski definition) is 0. The Morgan fingerprint density at radius 2 is 2.21 bits per heavy atom. The highest BCUT2D eigenvalue weighted by Crippen LogP contribution is 2.30. The minimum absolute atomic E-state index is 0.0210. The quantitative estimate of drug-likeness (QED) is 0.653. The second kappa shape index (κ2) is 3.09. The molecule has 0 saturated carbocycles. The van der Waals surface area contributed by atoms with Crippen molar-refractivity contribution in [2.24, 2.45) is 0 Å². The normalized spacial score (nSPS) is 16.9. The van der Waals surface area contributed by atoms with E-state index in [1.54, 1.807) is 6.92 Å². The third-order valence-corrected chi connectivity index (χ3v) is 2.44. The Morgan fingerprint density at radius 3 is 2.64 bits per heavy atom. The summed E-state index contributed by atoms with van der Waals surface area (Å²) in [6, 6.07) is 0. The lowest BCUT2D eigenvalue weighted by Gasteiger charge is -2.09. The smallest absolute Gasteiger partial charge is 0.253 e. The van der Waals surface area contributed by atoms with E-state index < -0.39 is 0 Å². The fourth-order valence-corrected chi connectivity index (χ4v) is 1.45. The van der Waals surface area contributed by atoms with Crippen molar-refractivity contribution >= 4 is 29.2 Å². The molecule has 1 aliphatic heterocycles. The van der Waals surface area contributed by atoms with Gasteiger partial charge in [0.1, 0.15) is 10.7 Å². The van der Waals surface area contributed by atoms with Crippen LogP contribution in [0.15, 0.2) is 4.52 Å². The summed E-state index contributed by atoms with van der Waals surface area (Å²) in [6.45, 7) is 1.69. The summed E-state index contributed by atoms with van der Waals surface area (Å²) < 4.78 is 4.87. The molecule has 0 N–H and O–H groups in total. The Labute approximate surface area is 84.6 Å². The number of Topliss-reactive ketones (excluding diaryl/α,β-unsaturated/α-hetero) is 1. The van der Waals surface area contributed by atoms with E-state index >= 15 is 0 Å². The summed E-state index contributed by atoms with van der Waals surface area (Å²) in [5.41, 5.74) is 0.508. The molecule has 14 heavy (non-hydrogen) atoms. The molecular weight excluding hydrogens is 208 g/mol. The number of anilines is 1. The van der Waals surface area contributed by atoms with E-state index in [1.165, 1.54) is 4.90 Å². The number of hydrogen-bond acceptors (Lipinski definition) is 4. The number of carbonyl (C=O) groups is 2. The van der Waals surface area contributed by atoms with E-state index in [1.807, 2.05) is 0 Å². The molecule has 6 heteroatoms. The first kappa shape index (κ1) is 9.21. The van der Waals surface area contributed by atoms with Crippen LogP contribution in [0.25, 0.3) is 0 Å². The average Bonchev–Trinajstić information content (AvgIpc) is 2.59. The van der Waals surface area contributed by atoms with Gasteiger partial charge in [0.15, 0.2) is 5.78 Å². The van der Waals surface area contributed by atoms with Crippen molar-refractivity contribution in [3.63, 3.8) is 0 Å². The minimum Gasteiger partial charge on any atom is -0.336 e. The zero-order valence-corrected chi connectivity index (χ0v) is 8.17. The van der Waals surface area contributed by atoms with Gasteiger partial charge in [0.05, 0.1) is 13.0 Å². The van der Waals surface area contributed by atoms with Gasteiger partial charge in [0.2, 0.25) is 5.91 Å². The van der Waals surface area contributed by atoms with Crippen molar-refractivity contribution in [3.8, 4) is 0 Å². The lowest BCUT2D eigenvalue weighted by molar-refractivity contribution is -0.121. The van der Waals surface area contributed by atoms with Crippen LogP contribution in [-0.4, -0.2) is 23.4 Å². The first-order valence-corrected chi connectivity index (χ1v) is 4.41. The molecule has 1 amide bonds. The standard InChI is InChI=1S/C8H7ClN2O3/c1-4-7(9)8(14-10-4)11-3-5(12)2-6(11)13/h2-3H2,1H3. The van der Waals surface area contributed by atoms with Crippen molar-refractivity contribution in [2.45, 2.75) is 13.3 Å². The molecule has 0 spiro atoms. The number of ketones is 1. The molecule has 2 heterocycles. The van der Waals surface area contributed by atoms with Gasteiger partial charge in [-0.05, 0) is 6.92 Å². The first-order valence-electron chi connectivity index (χ1n) is 4.03. The van der Waals surface area contributed by atoms with Crippen LogP contribution in [0.5, 0.6) is 0 Å². The van der Waals surface area contributed by atoms with Gasteiger partial charge in [-0.2, -0.15) is 0 Å². The van der Waals surface area contributed by atoms with Crippen LogP contribution in [-0.2, 0) is 9.59 Å². The van der Waals surface area contributed by atoms with Gasteiger partial charge in [-0.3, -0.25) is 14.5 Å². The highest BCUT2D eigenvalue weighted by Gasteiger charge is 2.33. The molecular formula is C8H7ClN2O3. The average molecular weight is 215 g/mol. The van der Waals surface area contributed by atoms with Crippen LogP contribution < -0.4 is 4.90 Å². The van der Waals surface area contributed by atoms with Gasteiger partial charge in [-0.1, -0.05) is 16.8 Å². The van der Waals surface area contributed by atoms with Crippen LogP contribution >= 0.6 is 11.6 Å². The molecule has 1 saturated heterocycles. The lowest BCUT2D eigenvalue weighted by Crippen LogP contribution is -2.24. The largest absolute Gasteiger partial charge is 0.336 e. The fourth-order valence-electron chi connectivity index (χ4n) is 1.28. The van der Waals surface area contributed by atoms with Crippen LogP contribution in [0.4, 0.5) is 5.88 Å². The molecule has 1 aromatic rings. The number of rotatable bonds is 1. The topological polar surface area (TPSA) is 63.4 Å². The van der Waals surface area contributed by atoms with Gasteiger partial charge >= 0.3 is 0 Å². The Hall–Kier alpha value is -1.36. The highest BCUT2D eigenvalue weighted by atomic mass is 35.5. The number of amides is 1. The van der Waals surface area contributed by atoms with Crippen LogP contribution in [0.3, 0.4) is 0 Å². The van der Waals surface area contributed by atoms with E-state index in [0.717, 1.165) is 0 Å². The summed E-state index contributed by atoms with van der Waals surface area (Å²) >= 11 is 5.84. The third-order valence-electron chi connectivity index (χ3n) is 2.00. The number of aromatic nitrogens is 1. The van der Waals surface area contributed by atoms with Crippen molar-refractivity contribution in [3.05, 3.63) is 10.7 Å². The summed E-state index contributed by atoms with van der Waals surface area (Å²) in [4.78, 5) is 23.5. The van der Waals surface area contributed by atoms with Crippen LogP contribution in [0, 0.1) is 6.92 Å². The van der Waals surface area contributed by atoms with Crippen LogP contribution in [0.1, 0.15) is 12.1 Å². The third kappa shape index (κ3) is 1.29. The van der Waals surface area contributed by atoms with Gasteiger partial charge in [-0.15, -0.1) is 0 Å². The van der Waals surface area contributed by atoms with E-state index in [0.29, 0.717) is 5.69 Å². The second-order valence-electron chi connectivity index (χ2n) is 3.08. The molecule has 0 atom stereocenters. The molecule has 1 fully saturated rings. The molecule has 0 bridgehead atoms. The maximum absolute atomic E-state index is 11.3. The summed E-state index contributed by atoms with van der Waals surface area (Å²) in [6.07, 6.45) is -0.0872. The van der Waals surface area contributed by atoms with Gasteiger partial charge in [0, 0.05) is 0 Å². The molecule has 2 rings (SSSR count). The maximum atomic E-state index is 11.3. The van der Waals surface area contributed by atoms with Gasteiger partial charge in [0.25, 0.3) is 5.88 Å². The first-order chi connectivity index (χ1) is 6.59. The fraction of sp³-hybridized carbons (Fsp3) is 0.375. The van der Waals surface area contributed by atoms with Crippen molar-refractivity contribution in [1.29, 1.82) is 0 Å². The van der Waals surface area contributed by atoms with Crippen molar-refractivity contribution in [2.75, 3.05) is 11.4 Å². The summed E-state index contributed by atoms with van der Waals surface area (Å²) in [5, 5.41) is 3.89. The predicted octanol–water partition coefficient (Wildman–Crippen LogP) is 0.942. The SMILES string of the molecule is Cc1noc(N2CC(=O)CC2=O)c1Cl. The molecule has 0 radical (unpaired) electrons. The lowest BCUT2D eigenvalue weighted by atomic mass is 10.3. The second-order valence-corrected chi connectivity index (χ2v) is 3.46. The number of aryl methyl sites for hydroxylation is 1. The number of halogens is 1. The molecule has 1 aromatic heterocycles. The molecule has 0 aliphatic carbocycles. The van der Waals surface area contributed by atoms with E-state index in [2.05, 4.69) is 5.16 Å². The molecule has 1 aliphatic rings. The zero-order valence-electron chi connectivity index (χ0n) is 7.41. The van der Waals surface area contributed by atoms with Gasteiger partial charge in [-0.25, -0.2) is 0 Å². The van der Waals surface area contributed by atoms with Crippen molar-refractivity contribution < 1.29 is 14.1 Å². The molecule has 0 unspecified atom stereocenters. The zero-order chi connectivity index (χ0) is 10.3. The van der Waals surface area contributed by atoms with E-state index in [9.17, 15) is 9.59 Å². The van der Waals surface area contributed by atoms with E-state index in [-0.39, 0.29) is 35.6 Å². The molecule has 5 nitrogen and oxygen atoms in total. The summed E-state index contributed by atoms with van der Waals surface area (Å²) in [7, 11) is 0. The Kier molecular flexibility index (Phi) is 2.03. The molecule has 74 valence electrons. The monoisotopic (exact) mass is 214 g/mol. The maximum Gasteiger partial charge on any atom is 0.253 e. The summed E-state index contributed by atoms with van der Waals surface area (Å²) in [5.74, 6) is -0.270. The number of carbonyl (C=O) groups excluding carboxylic acids is 2. The molecule has 0 aromatic carbocycles. The van der Waals surface area contributed by atoms with Gasteiger partial charge < -0.3 is 4.52 Å².